The number of carbonyl (C=O) groups is 1. The number of carbonyl (C=O) groups excluding carboxylic acids is 1. The number of likely N-dealkylation sites (N-methyl/N-ethyl adjacent to an activating group) is 1. The van der Waals surface area contributed by atoms with Gasteiger partial charge in [0.25, 0.3) is 0 Å². The normalized spacial score (nSPS) is 16.8. The molecule has 1 saturated heterocycles. The second-order valence-electron chi connectivity index (χ2n) is 7.17. The molecule has 1 atom stereocenters. The summed E-state index contributed by atoms with van der Waals surface area (Å²) in [7, 11) is 3.50. The number of halogens is 1. The monoisotopic (exact) mass is 502 g/mol. The molecular formula is C21H35IN4O2. The van der Waals surface area contributed by atoms with Crippen LogP contribution in [0.3, 0.4) is 0 Å². The minimum absolute atomic E-state index is 0. The van der Waals surface area contributed by atoms with E-state index < -0.39 is 0 Å². The van der Waals surface area contributed by atoms with Crippen LogP contribution in [-0.4, -0.2) is 63.2 Å². The third kappa shape index (κ3) is 10.3. The van der Waals surface area contributed by atoms with E-state index in [1.165, 1.54) is 24.8 Å². The Labute approximate surface area is 186 Å². The van der Waals surface area contributed by atoms with Crippen LogP contribution in [0.5, 0.6) is 0 Å². The molecular weight excluding hydrogens is 467 g/mol. The maximum absolute atomic E-state index is 11.8. The van der Waals surface area contributed by atoms with Crippen LogP contribution in [0, 0.1) is 0 Å². The van der Waals surface area contributed by atoms with Crippen LogP contribution in [0.1, 0.15) is 37.7 Å². The van der Waals surface area contributed by atoms with Crippen molar-refractivity contribution >= 4 is 35.8 Å². The van der Waals surface area contributed by atoms with Crippen molar-refractivity contribution in [1.29, 1.82) is 0 Å². The summed E-state index contributed by atoms with van der Waals surface area (Å²) in [5, 5.41) is 6.69. The van der Waals surface area contributed by atoms with Gasteiger partial charge in [0.2, 0.25) is 5.91 Å². The SMILES string of the molecule is CN(C)C(=O)CN=C(NCCCC1CCCCO1)NCCc1ccccc1.I. The molecule has 7 heteroatoms. The summed E-state index contributed by atoms with van der Waals surface area (Å²) in [6, 6.07) is 10.4. The molecule has 1 aliphatic heterocycles. The Morgan fingerprint density at radius 1 is 1.18 bits per heavy atom. The first-order chi connectivity index (χ1) is 13.1. The Morgan fingerprint density at radius 3 is 2.61 bits per heavy atom. The molecule has 1 fully saturated rings. The molecule has 0 saturated carbocycles. The molecule has 1 heterocycles. The third-order valence-electron chi connectivity index (χ3n) is 4.69. The zero-order chi connectivity index (χ0) is 19.3. The van der Waals surface area contributed by atoms with Crippen molar-refractivity contribution in [2.24, 2.45) is 4.99 Å². The predicted molar refractivity (Wildman–Crippen MR) is 125 cm³/mol. The molecule has 0 bridgehead atoms. The Morgan fingerprint density at radius 2 is 1.93 bits per heavy atom. The molecule has 0 radical (unpaired) electrons. The number of ether oxygens (including phenoxy) is 1. The van der Waals surface area contributed by atoms with Crippen LogP contribution in [-0.2, 0) is 16.0 Å². The van der Waals surface area contributed by atoms with Crippen LogP contribution in [0.4, 0.5) is 0 Å². The molecule has 1 aliphatic rings. The molecule has 1 amide bonds. The van der Waals surface area contributed by atoms with E-state index in [9.17, 15) is 4.79 Å². The van der Waals surface area contributed by atoms with Gasteiger partial charge in [0.1, 0.15) is 6.54 Å². The highest BCUT2D eigenvalue weighted by Gasteiger charge is 2.13. The summed E-state index contributed by atoms with van der Waals surface area (Å²) in [6.45, 7) is 2.66. The Hall–Kier alpha value is -1.35. The van der Waals surface area contributed by atoms with E-state index in [2.05, 4.69) is 27.8 Å². The van der Waals surface area contributed by atoms with Crippen molar-refractivity contribution in [3.63, 3.8) is 0 Å². The van der Waals surface area contributed by atoms with Gasteiger partial charge in [0, 0.05) is 33.8 Å². The number of amides is 1. The van der Waals surface area contributed by atoms with Crippen LogP contribution in [0.15, 0.2) is 35.3 Å². The number of nitrogens with zero attached hydrogens (tertiary/aromatic N) is 2. The van der Waals surface area contributed by atoms with Gasteiger partial charge in [-0.2, -0.15) is 0 Å². The maximum atomic E-state index is 11.8. The zero-order valence-corrected chi connectivity index (χ0v) is 19.5. The van der Waals surface area contributed by atoms with Crippen molar-refractivity contribution in [3.8, 4) is 0 Å². The van der Waals surface area contributed by atoms with Gasteiger partial charge in [-0.3, -0.25) is 4.79 Å². The van der Waals surface area contributed by atoms with Crippen molar-refractivity contribution in [2.45, 2.75) is 44.6 Å². The number of aliphatic imine (C=N–C) groups is 1. The molecule has 2 rings (SSSR count). The van der Waals surface area contributed by atoms with E-state index in [-0.39, 0.29) is 36.4 Å². The number of rotatable bonds is 9. The molecule has 158 valence electrons. The van der Waals surface area contributed by atoms with Crippen molar-refractivity contribution < 1.29 is 9.53 Å². The van der Waals surface area contributed by atoms with Crippen molar-refractivity contribution in [3.05, 3.63) is 35.9 Å². The molecule has 6 nitrogen and oxygen atoms in total. The minimum Gasteiger partial charge on any atom is -0.378 e. The van der Waals surface area contributed by atoms with E-state index in [1.54, 1.807) is 19.0 Å². The predicted octanol–water partition coefficient (Wildman–Crippen LogP) is 2.82. The third-order valence-corrected chi connectivity index (χ3v) is 4.69. The van der Waals surface area contributed by atoms with Crippen molar-refractivity contribution in [1.82, 2.24) is 15.5 Å². The fraction of sp³-hybridized carbons (Fsp3) is 0.619. The molecule has 1 aromatic rings. The topological polar surface area (TPSA) is 66.0 Å². The van der Waals surface area contributed by atoms with Gasteiger partial charge in [0.05, 0.1) is 6.10 Å². The molecule has 0 aromatic heterocycles. The van der Waals surface area contributed by atoms with E-state index >= 15 is 0 Å². The lowest BCUT2D eigenvalue weighted by Crippen LogP contribution is -2.40. The lowest BCUT2D eigenvalue weighted by Gasteiger charge is -2.22. The summed E-state index contributed by atoms with van der Waals surface area (Å²) < 4.78 is 5.78. The van der Waals surface area contributed by atoms with Crippen LogP contribution >= 0.6 is 24.0 Å². The Bertz CT molecular complexity index is 575. The average Bonchev–Trinajstić information content (AvgIpc) is 2.70. The van der Waals surface area contributed by atoms with E-state index in [1.807, 2.05) is 18.2 Å². The molecule has 1 aromatic carbocycles. The highest BCUT2D eigenvalue weighted by molar-refractivity contribution is 14.0. The number of guanidine groups is 1. The maximum Gasteiger partial charge on any atom is 0.243 e. The smallest absolute Gasteiger partial charge is 0.243 e. The fourth-order valence-corrected chi connectivity index (χ4v) is 3.00. The largest absolute Gasteiger partial charge is 0.378 e. The lowest BCUT2D eigenvalue weighted by molar-refractivity contribution is -0.127. The quantitative estimate of drug-likeness (QED) is 0.236. The van der Waals surface area contributed by atoms with Gasteiger partial charge in [-0.1, -0.05) is 30.3 Å². The average molecular weight is 502 g/mol. The highest BCUT2D eigenvalue weighted by Crippen LogP contribution is 2.16. The van der Waals surface area contributed by atoms with Gasteiger partial charge in [-0.25, -0.2) is 4.99 Å². The summed E-state index contributed by atoms with van der Waals surface area (Å²) in [4.78, 5) is 17.8. The number of benzene rings is 1. The zero-order valence-electron chi connectivity index (χ0n) is 17.2. The standard InChI is InChI=1S/C21H34N4O2.HI/c1-25(2)20(26)17-24-21(23-15-13-18-9-4-3-5-10-18)22-14-8-12-19-11-6-7-16-27-19;/h3-5,9-10,19H,6-8,11-17H2,1-2H3,(H2,22,23,24);1H. The molecule has 2 N–H and O–H groups in total. The number of hydrogen-bond acceptors (Lipinski definition) is 3. The van der Waals surface area contributed by atoms with Crippen LogP contribution < -0.4 is 10.6 Å². The first kappa shape index (κ1) is 24.7. The highest BCUT2D eigenvalue weighted by atomic mass is 127. The van der Waals surface area contributed by atoms with E-state index in [0.29, 0.717) is 12.1 Å². The van der Waals surface area contributed by atoms with Gasteiger partial charge in [-0.05, 0) is 44.1 Å². The summed E-state index contributed by atoms with van der Waals surface area (Å²) in [5.41, 5.74) is 1.28. The summed E-state index contributed by atoms with van der Waals surface area (Å²) >= 11 is 0. The van der Waals surface area contributed by atoms with Gasteiger partial charge >= 0.3 is 0 Å². The molecule has 0 aliphatic carbocycles. The van der Waals surface area contributed by atoms with Gasteiger partial charge in [0.15, 0.2) is 5.96 Å². The van der Waals surface area contributed by atoms with Crippen molar-refractivity contribution in [2.75, 3.05) is 40.3 Å². The lowest BCUT2D eigenvalue weighted by atomic mass is 10.0. The minimum atomic E-state index is -0.00485. The first-order valence-corrected chi connectivity index (χ1v) is 10.0. The first-order valence-electron chi connectivity index (χ1n) is 10.0. The second-order valence-corrected chi connectivity index (χ2v) is 7.17. The second kappa shape index (κ2) is 14.6. The summed E-state index contributed by atoms with van der Waals surface area (Å²) in [5.74, 6) is 0.695. The van der Waals surface area contributed by atoms with Crippen LogP contribution in [0.2, 0.25) is 0 Å². The fourth-order valence-electron chi connectivity index (χ4n) is 3.00. The number of hydrogen-bond donors (Lipinski definition) is 2. The Kier molecular flexibility index (Phi) is 12.9. The summed E-state index contributed by atoms with van der Waals surface area (Å²) in [6.07, 6.45) is 7.07. The van der Waals surface area contributed by atoms with Gasteiger partial charge < -0.3 is 20.3 Å². The molecule has 28 heavy (non-hydrogen) atoms. The van der Waals surface area contributed by atoms with Gasteiger partial charge in [-0.15, -0.1) is 24.0 Å². The van der Waals surface area contributed by atoms with E-state index in [4.69, 9.17) is 4.74 Å². The molecule has 0 spiro atoms. The van der Waals surface area contributed by atoms with Crippen LogP contribution in [0.25, 0.3) is 0 Å². The van der Waals surface area contributed by atoms with E-state index in [0.717, 1.165) is 39.0 Å². The molecule has 1 unspecified atom stereocenters. The number of nitrogens with one attached hydrogen (secondary N) is 2. The Balaban J connectivity index is 0.00000392.